The predicted molar refractivity (Wildman–Crippen MR) is 142 cm³/mol. The highest BCUT2D eigenvalue weighted by Gasteiger charge is 2.10. The van der Waals surface area contributed by atoms with Gasteiger partial charge in [0.2, 0.25) is 0 Å². The lowest BCUT2D eigenvalue weighted by Gasteiger charge is -2.06. The van der Waals surface area contributed by atoms with Gasteiger partial charge in [-0.3, -0.25) is 0 Å². The Morgan fingerprint density at radius 3 is 1.86 bits per heavy atom. The van der Waals surface area contributed by atoms with E-state index in [1.165, 1.54) is 21.3 Å². The van der Waals surface area contributed by atoms with Gasteiger partial charge < -0.3 is 24.4 Å². The zero-order chi connectivity index (χ0) is 26.4. The van der Waals surface area contributed by atoms with Gasteiger partial charge in [-0.25, -0.2) is 9.48 Å². The van der Waals surface area contributed by atoms with Gasteiger partial charge in [0.1, 0.15) is 0 Å². The average molecular weight is 499 g/mol. The summed E-state index contributed by atoms with van der Waals surface area (Å²) in [5.41, 5.74) is 4.32. The van der Waals surface area contributed by atoms with E-state index in [4.69, 9.17) is 19.3 Å². The molecule has 0 bridgehead atoms. The molecule has 8 heteroatoms. The van der Waals surface area contributed by atoms with Crippen molar-refractivity contribution in [1.82, 2.24) is 9.78 Å². The summed E-state index contributed by atoms with van der Waals surface area (Å²) in [7, 11) is 4.34. The molecule has 0 aliphatic carbocycles. The summed E-state index contributed by atoms with van der Waals surface area (Å²) in [6, 6.07) is 19.0. The minimum Gasteiger partial charge on any atom is -0.504 e. The van der Waals surface area contributed by atoms with E-state index in [0.29, 0.717) is 22.8 Å². The molecule has 0 aliphatic rings. The second-order valence-corrected chi connectivity index (χ2v) is 7.97. The lowest BCUT2D eigenvalue weighted by atomic mass is 10.1. The number of rotatable bonds is 8. The van der Waals surface area contributed by atoms with Crippen LogP contribution in [0.15, 0.2) is 66.7 Å². The molecule has 0 fully saturated rings. The van der Waals surface area contributed by atoms with Crippen LogP contribution in [0, 0.1) is 0 Å². The highest BCUT2D eigenvalue weighted by molar-refractivity contribution is 5.89. The van der Waals surface area contributed by atoms with E-state index in [9.17, 15) is 15.0 Å². The Bertz CT molecular complexity index is 1470. The normalized spacial score (nSPS) is 11.2. The van der Waals surface area contributed by atoms with Crippen molar-refractivity contribution in [1.29, 1.82) is 0 Å². The molecule has 0 atom stereocenters. The van der Waals surface area contributed by atoms with Crippen molar-refractivity contribution in [2.24, 2.45) is 0 Å². The van der Waals surface area contributed by atoms with Crippen LogP contribution in [0.2, 0.25) is 0 Å². The highest BCUT2D eigenvalue weighted by Crippen LogP contribution is 2.28. The van der Waals surface area contributed by atoms with Crippen molar-refractivity contribution >= 4 is 30.3 Å². The number of hydrogen-bond acceptors (Lipinski definition) is 7. The molecule has 4 aromatic rings. The lowest BCUT2D eigenvalue weighted by Crippen LogP contribution is -2.03. The van der Waals surface area contributed by atoms with E-state index in [2.05, 4.69) is 0 Å². The summed E-state index contributed by atoms with van der Waals surface area (Å²) in [6.07, 6.45) is 7.50. The molecule has 37 heavy (non-hydrogen) atoms. The molecule has 0 saturated heterocycles. The average Bonchev–Trinajstić information content (AvgIpc) is 3.34. The van der Waals surface area contributed by atoms with Crippen LogP contribution < -0.4 is 9.47 Å². The van der Waals surface area contributed by atoms with E-state index in [1.807, 2.05) is 30.4 Å². The van der Waals surface area contributed by atoms with Crippen molar-refractivity contribution in [2.45, 2.75) is 0 Å². The van der Waals surface area contributed by atoms with Gasteiger partial charge in [0.05, 0.1) is 44.0 Å². The van der Waals surface area contributed by atoms with Crippen LogP contribution in [-0.2, 0) is 4.74 Å². The molecular weight excluding hydrogens is 472 g/mol. The van der Waals surface area contributed by atoms with Gasteiger partial charge in [-0.2, -0.15) is 5.10 Å². The van der Waals surface area contributed by atoms with Gasteiger partial charge in [0, 0.05) is 0 Å². The van der Waals surface area contributed by atoms with Crippen LogP contribution in [0.5, 0.6) is 23.0 Å². The Labute approximate surface area is 214 Å². The smallest absolute Gasteiger partial charge is 0.337 e. The number of aromatic nitrogens is 2. The molecule has 0 amide bonds. The van der Waals surface area contributed by atoms with Crippen molar-refractivity contribution in [3.63, 3.8) is 0 Å². The standard InChI is InChI=1S/C29H26N2O6/c1-35-27-16-19(6-14-25(27)32)4-10-22-18-24(11-5-20-7-15-26(33)28(17-20)36-2)31(30-22)23-12-8-21(9-13-23)29(34)37-3/h4-18,32-33H,1-3H3/b10-4+,11-5+. The van der Waals surface area contributed by atoms with E-state index in [0.717, 1.165) is 22.5 Å². The van der Waals surface area contributed by atoms with Crippen LogP contribution in [0.1, 0.15) is 32.9 Å². The maximum Gasteiger partial charge on any atom is 0.337 e. The molecule has 0 aliphatic heterocycles. The van der Waals surface area contributed by atoms with Gasteiger partial charge in [-0.05, 0) is 77.9 Å². The SMILES string of the molecule is COC(=O)c1ccc(-n2nc(/C=C/c3ccc(O)c(OC)c3)cc2/C=C/c2ccc(O)c(OC)c2)cc1. The van der Waals surface area contributed by atoms with E-state index in [1.54, 1.807) is 65.3 Å². The van der Waals surface area contributed by atoms with Crippen LogP contribution in [0.3, 0.4) is 0 Å². The Kier molecular flexibility index (Phi) is 7.59. The van der Waals surface area contributed by atoms with Gasteiger partial charge in [0.15, 0.2) is 23.0 Å². The Balaban J connectivity index is 1.71. The summed E-state index contributed by atoms with van der Waals surface area (Å²) < 4.78 is 16.9. The molecule has 1 heterocycles. The minimum absolute atomic E-state index is 0.0636. The fourth-order valence-corrected chi connectivity index (χ4v) is 3.64. The third kappa shape index (κ3) is 5.82. The third-order valence-electron chi connectivity index (χ3n) is 5.59. The fraction of sp³-hybridized carbons (Fsp3) is 0.103. The molecule has 188 valence electrons. The largest absolute Gasteiger partial charge is 0.504 e. The Hall–Kier alpha value is -4.98. The van der Waals surface area contributed by atoms with Gasteiger partial charge in [-0.1, -0.05) is 24.3 Å². The van der Waals surface area contributed by atoms with E-state index < -0.39 is 5.97 Å². The number of carbonyl (C=O) groups is 1. The van der Waals surface area contributed by atoms with Crippen molar-refractivity contribution < 1.29 is 29.2 Å². The molecule has 1 aromatic heterocycles. The number of carbonyl (C=O) groups excluding carboxylic acids is 1. The molecule has 0 radical (unpaired) electrons. The van der Waals surface area contributed by atoms with Crippen LogP contribution in [0.4, 0.5) is 0 Å². The molecule has 3 aromatic carbocycles. The number of methoxy groups -OCH3 is 3. The number of aromatic hydroxyl groups is 2. The number of hydrogen-bond donors (Lipinski definition) is 2. The first-order valence-electron chi connectivity index (χ1n) is 11.3. The zero-order valence-corrected chi connectivity index (χ0v) is 20.6. The van der Waals surface area contributed by atoms with Gasteiger partial charge in [-0.15, -0.1) is 0 Å². The first kappa shape index (κ1) is 25.1. The molecule has 0 spiro atoms. The van der Waals surface area contributed by atoms with Crippen molar-refractivity contribution in [3.05, 3.63) is 94.8 Å². The summed E-state index contributed by atoms with van der Waals surface area (Å²) in [5.74, 6) is 0.473. The number of benzene rings is 3. The highest BCUT2D eigenvalue weighted by atomic mass is 16.5. The monoisotopic (exact) mass is 498 g/mol. The van der Waals surface area contributed by atoms with Gasteiger partial charge in [0.25, 0.3) is 0 Å². The number of phenolic OH excluding ortho intramolecular Hbond substituents is 2. The molecular formula is C29H26N2O6. The number of ether oxygens (including phenoxy) is 3. The minimum atomic E-state index is -0.415. The topological polar surface area (TPSA) is 103 Å². The Morgan fingerprint density at radius 2 is 1.32 bits per heavy atom. The molecule has 0 unspecified atom stereocenters. The molecule has 0 saturated carbocycles. The zero-order valence-electron chi connectivity index (χ0n) is 20.6. The number of esters is 1. The number of nitrogens with zero attached hydrogens (tertiary/aromatic N) is 2. The van der Waals surface area contributed by atoms with E-state index in [-0.39, 0.29) is 11.5 Å². The van der Waals surface area contributed by atoms with Crippen LogP contribution in [-0.4, -0.2) is 47.3 Å². The molecule has 4 rings (SSSR count). The number of phenols is 2. The van der Waals surface area contributed by atoms with Crippen molar-refractivity contribution in [2.75, 3.05) is 21.3 Å². The summed E-state index contributed by atoms with van der Waals surface area (Å²) in [4.78, 5) is 11.8. The van der Waals surface area contributed by atoms with Crippen molar-refractivity contribution in [3.8, 4) is 28.7 Å². The predicted octanol–water partition coefficient (Wildman–Crippen LogP) is 5.43. The second kappa shape index (κ2) is 11.2. The summed E-state index contributed by atoms with van der Waals surface area (Å²) >= 11 is 0. The molecule has 2 N–H and O–H groups in total. The van der Waals surface area contributed by atoms with E-state index >= 15 is 0 Å². The first-order valence-corrected chi connectivity index (χ1v) is 11.3. The Morgan fingerprint density at radius 1 is 0.757 bits per heavy atom. The van der Waals surface area contributed by atoms with Crippen LogP contribution >= 0.6 is 0 Å². The maximum absolute atomic E-state index is 11.8. The third-order valence-corrected chi connectivity index (χ3v) is 5.59. The maximum atomic E-state index is 11.8. The summed E-state index contributed by atoms with van der Waals surface area (Å²) in [6.45, 7) is 0. The second-order valence-electron chi connectivity index (χ2n) is 7.97. The lowest BCUT2D eigenvalue weighted by molar-refractivity contribution is 0.0600. The molecule has 8 nitrogen and oxygen atoms in total. The van der Waals surface area contributed by atoms with Gasteiger partial charge >= 0.3 is 5.97 Å². The summed E-state index contributed by atoms with van der Waals surface area (Å²) in [5, 5.41) is 24.4. The first-order chi connectivity index (χ1) is 17.9. The quantitative estimate of drug-likeness (QED) is 0.312. The fourth-order valence-electron chi connectivity index (χ4n) is 3.64. The van der Waals surface area contributed by atoms with Crippen LogP contribution in [0.25, 0.3) is 30.0 Å².